The summed E-state index contributed by atoms with van der Waals surface area (Å²) in [5.41, 5.74) is 2.86. The molecule has 152 valence electrons. The number of nitrogens with one attached hydrogen (secondary N) is 1. The lowest BCUT2D eigenvalue weighted by atomic mass is 10.2. The molecular weight excluding hydrogens is 372 g/mol. The number of benzene rings is 1. The van der Waals surface area contributed by atoms with E-state index < -0.39 is 6.10 Å². The molecule has 29 heavy (non-hydrogen) atoms. The van der Waals surface area contributed by atoms with Gasteiger partial charge in [0.2, 0.25) is 0 Å². The van der Waals surface area contributed by atoms with Crippen LogP contribution in [0.25, 0.3) is 11.0 Å². The molecule has 1 aromatic carbocycles. The SMILES string of the molecule is CCn1ccc(C(=O)N2CCOC(C(=O)Nc3ccc4c(c3)ncn4CC)C2)n1. The van der Waals surface area contributed by atoms with Gasteiger partial charge in [0.05, 0.1) is 30.5 Å². The standard InChI is InChI=1S/C20H24N6O3/c1-3-24-13-21-16-11-14(5-6-17(16)24)22-19(27)18-12-25(9-10-29-18)20(28)15-7-8-26(4-2)23-15/h5-8,11,13,18H,3-4,9-10,12H2,1-2H3,(H,22,27). The largest absolute Gasteiger partial charge is 0.365 e. The first kappa shape index (κ1) is 19.1. The normalized spacial score (nSPS) is 16.9. The highest BCUT2D eigenvalue weighted by Crippen LogP contribution is 2.19. The van der Waals surface area contributed by atoms with Crippen LogP contribution in [0.15, 0.2) is 36.8 Å². The van der Waals surface area contributed by atoms with Crippen LogP contribution in [0.4, 0.5) is 5.69 Å². The molecule has 1 unspecified atom stereocenters. The van der Waals surface area contributed by atoms with Gasteiger partial charge in [-0.05, 0) is 38.1 Å². The fourth-order valence-corrected chi connectivity index (χ4v) is 3.42. The Bertz CT molecular complexity index is 1040. The Balaban J connectivity index is 1.42. The molecule has 0 radical (unpaired) electrons. The molecule has 1 atom stereocenters. The van der Waals surface area contributed by atoms with E-state index in [2.05, 4.69) is 22.3 Å². The van der Waals surface area contributed by atoms with Gasteiger partial charge in [0.1, 0.15) is 5.69 Å². The summed E-state index contributed by atoms with van der Waals surface area (Å²) in [6.45, 7) is 6.47. The van der Waals surface area contributed by atoms with E-state index in [4.69, 9.17) is 4.74 Å². The number of nitrogens with zero attached hydrogens (tertiary/aromatic N) is 5. The third kappa shape index (κ3) is 3.86. The summed E-state index contributed by atoms with van der Waals surface area (Å²) in [4.78, 5) is 31.4. The molecule has 1 aliphatic heterocycles. The monoisotopic (exact) mass is 396 g/mol. The van der Waals surface area contributed by atoms with Crippen LogP contribution in [0, 0.1) is 0 Å². The average molecular weight is 396 g/mol. The smallest absolute Gasteiger partial charge is 0.274 e. The molecule has 1 N–H and O–H groups in total. The zero-order valence-corrected chi connectivity index (χ0v) is 16.5. The van der Waals surface area contributed by atoms with Crippen molar-refractivity contribution in [3.8, 4) is 0 Å². The molecule has 3 aromatic rings. The summed E-state index contributed by atoms with van der Waals surface area (Å²) in [5.74, 6) is -0.472. The van der Waals surface area contributed by atoms with Crippen LogP contribution in [0.1, 0.15) is 24.3 Å². The summed E-state index contributed by atoms with van der Waals surface area (Å²) in [7, 11) is 0. The van der Waals surface area contributed by atoms with E-state index >= 15 is 0 Å². The van der Waals surface area contributed by atoms with Gasteiger partial charge in [-0.1, -0.05) is 0 Å². The molecule has 1 saturated heterocycles. The Morgan fingerprint density at radius 3 is 2.86 bits per heavy atom. The lowest BCUT2D eigenvalue weighted by molar-refractivity contribution is -0.131. The zero-order valence-electron chi connectivity index (χ0n) is 16.5. The minimum absolute atomic E-state index is 0.190. The molecule has 0 spiro atoms. The Morgan fingerprint density at radius 1 is 1.24 bits per heavy atom. The van der Waals surface area contributed by atoms with E-state index in [-0.39, 0.29) is 18.4 Å². The van der Waals surface area contributed by atoms with E-state index in [0.717, 1.165) is 17.6 Å². The van der Waals surface area contributed by atoms with Crippen molar-refractivity contribution < 1.29 is 14.3 Å². The van der Waals surface area contributed by atoms with Gasteiger partial charge < -0.3 is 19.5 Å². The number of rotatable bonds is 5. The molecule has 3 heterocycles. The van der Waals surface area contributed by atoms with Crippen molar-refractivity contribution in [1.29, 1.82) is 0 Å². The van der Waals surface area contributed by atoms with Crippen molar-refractivity contribution in [3.05, 3.63) is 42.5 Å². The molecule has 1 aliphatic rings. The summed E-state index contributed by atoms with van der Waals surface area (Å²) < 4.78 is 9.35. The van der Waals surface area contributed by atoms with E-state index in [1.807, 2.05) is 29.7 Å². The molecule has 9 nitrogen and oxygen atoms in total. The third-order valence-corrected chi connectivity index (χ3v) is 5.06. The Morgan fingerprint density at radius 2 is 2.10 bits per heavy atom. The van der Waals surface area contributed by atoms with Gasteiger partial charge in [0.15, 0.2) is 6.10 Å². The van der Waals surface area contributed by atoms with Gasteiger partial charge in [-0.15, -0.1) is 0 Å². The number of carbonyl (C=O) groups excluding carboxylic acids is 2. The lowest BCUT2D eigenvalue weighted by Gasteiger charge is -2.31. The van der Waals surface area contributed by atoms with Crippen LogP contribution in [0.3, 0.4) is 0 Å². The van der Waals surface area contributed by atoms with Gasteiger partial charge in [0, 0.05) is 31.5 Å². The summed E-state index contributed by atoms with van der Waals surface area (Å²) in [6, 6.07) is 7.31. The average Bonchev–Trinajstić information content (AvgIpc) is 3.39. The molecule has 2 aromatic heterocycles. The van der Waals surface area contributed by atoms with Gasteiger partial charge in [0.25, 0.3) is 11.8 Å². The van der Waals surface area contributed by atoms with Crippen molar-refractivity contribution in [2.24, 2.45) is 0 Å². The van der Waals surface area contributed by atoms with Crippen molar-refractivity contribution in [2.75, 3.05) is 25.0 Å². The first-order chi connectivity index (χ1) is 14.1. The molecule has 0 saturated carbocycles. The van der Waals surface area contributed by atoms with Crippen LogP contribution in [0.5, 0.6) is 0 Å². The molecule has 2 amide bonds. The number of morpholine rings is 1. The van der Waals surface area contributed by atoms with Gasteiger partial charge in [-0.3, -0.25) is 14.3 Å². The molecule has 9 heteroatoms. The molecular formula is C20H24N6O3. The molecule has 0 aliphatic carbocycles. The zero-order chi connectivity index (χ0) is 20.4. The van der Waals surface area contributed by atoms with Crippen LogP contribution in [0.2, 0.25) is 0 Å². The van der Waals surface area contributed by atoms with Crippen molar-refractivity contribution in [1.82, 2.24) is 24.2 Å². The first-order valence-corrected chi connectivity index (χ1v) is 9.79. The Hall–Kier alpha value is -3.20. The Labute approximate surface area is 168 Å². The fraction of sp³-hybridized carbons (Fsp3) is 0.400. The number of aromatic nitrogens is 4. The maximum Gasteiger partial charge on any atom is 0.274 e. The third-order valence-electron chi connectivity index (χ3n) is 5.06. The number of hydrogen-bond donors (Lipinski definition) is 1. The fourth-order valence-electron chi connectivity index (χ4n) is 3.42. The first-order valence-electron chi connectivity index (χ1n) is 9.79. The number of hydrogen-bond acceptors (Lipinski definition) is 5. The van der Waals surface area contributed by atoms with E-state index in [1.165, 1.54) is 0 Å². The number of amides is 2. The number of anilines is 1. The highest BCUT2D eigenvalue weighted by molar-refractivity contribution is 5.97. The van der Waals surface area contributed by atoms with E-state index in [1.54, 1.807) is 28.2 Å². The summed E-state index contributed by atoms with van der Waals surface area (Å²) in [5, 5.41) is 7.13. The van der Waals surface area contributed by atoms with Crippen LogP contribution >= 0.6 is 0 Å². The van der Waals surface area contributed by atoms with Gasteiger partial charge in [-0.25, -0.2) is 4.98 Å². The van der Waals surface area contributed by atoms with Crippen LogP contribution < -0.4 is 5.32 Å². The maximum atomic E-state index is 12.7. The highest BCUT2D eigenvalue weighted by Gasteiger charge is 2.30. The number of aryl methyl sites for hydroxylation is 2. The minimum Gasteiger partial charge on any atom is -0.365 e. The van der Waals surface area contributed by atoms with Crippen LogP contribution in [-0.2, 0) is 22.6 Å². The van der Waals surface area contributed by atoms with Crippen molar-refractivity contribution >= 4 is 28.5 Å². The molecule has 1 fully saturated rings. The van der Waals surface area contributed by atoms with Gasteiger partial charge in [-0.2, -0.15) is 5.10 Å². The summed E-state index contributed by atoms with van der Waals surface area (Å²) in [6.07, 6.45) is 2.82. The maximum absolute atomic E-state index is 12.7. The topological polar surface area (TPSA) is 94.3 Å². The lowest BCUT2D eigenvalue weighted by Crippen LogP contribution is -2.50. The van der Waals surface area contributed by atoms with Crippen molar-refractivity contribution in [2.45, 2.75) is 33.0 Å². The molecule has 0 bridgehead atoms. The summed E-state index contributed by atoms with van der Waals surface area (Å²) >= 11 is 0. The highest BCUT2D eigenvalue weighted by atomic mass is 16.5. The minimum atomic E-state index is -0.732. The number of carbonyl (C=O) groups is 2. The van der Waals surface area contributed by atoms with Gasteiger partial charge >= 0.3 is 0 Å². The Kier molecular flexibility index (Phi) is 5.30. The van der Waals surface area contributed by atoms with E-state index in [0.29, 0.717) is 31.1 Å². The second-order valence-electron chi connectivity index (χ2n) is 6.89. The molecule has 4 rings (SSSR count). The number of imidazole rings is 1. The number of fused-ring (bicyclic) bond motifs is 1. The predicted octanol–water partition coefficient (Wildman–Crippen LogP) is 1.75. The quantitative estimate of drug-likeness (QED) is 0.709. The van der Waals surface area contributed by atoms with Crippen molar-refractivity contribution in [3.63, 3.8) is 0 Å². The van der Waals surface area contributed by atoms with Crippen LogP contribution in [-0.4, -0.2) is 61.8 Å². The predicted molar refractivity (Wildman–Crippen MR) is 108 cm³/mol. The number of ether oxygens (including phenoxy) is 1. The van der Waals surface area contributed by atoms with E-state index in [9.17, 15) is 9.59 Å². The second-order valence-corrected chi connectivity index (χ2v) is 6.89. The second kappa shape index (κ2) is 8.04.